The van der Waals surface area contributed by atoms with E-state index in [1.807, 2.05) is 12.2 Å². The van der Waals surface area contributed by atoms with Gasteiger partial charge in [0.25, 0.3) is 0 Å². The van der Waals surface area contributed by atoms with Crippen molar-refractivity contribution in [3.8, 4) is 0 Å². The van der Waals surface area contributed by atoms with E-state index in [0.717, 1.165) is 0 Å². The van der Waals surface area contributed by atoms with Gasteiger partial charge in [0.05, 0.1) is 6.04 Å². The van der Waals surface area contributed by atoms with E-state index in [-0.39, 0.29) is 11.8 Å². The van der Waals surface area contributed by atoms with Crippen LogP contribution in [0.25, 0.3) is 0 Å². The van der Waals surface area contributed by atoms with Crippen LogP contribution in [0.15, 0.2) is 12.2 Å². The number of carbonyl (C=O) groups is 1. The first kappa shape index (κ1) is 9.65. The Morgan fingerprint density at radius 2 is 2.21 bits per heavy atom. The van der Waals surface area contributed by atoms with Crippen LogP contribution in [0, 0.1) is 0 Å². The number of hydrogen-bond donors (Lipinski definition) is 2. The van der Waals surface area contributed by atoms with Crippen molar-refractivity contribution in [2.45, 2.75) is 37.8 Å². The fourth-order valence-electron chi connectivity index (χ4n) is 1.48. The molecule has 1 atom stereocenters. The SMILES string of the molecule is O=C1CC=CC(NC(=S)NC2CC2)C1. The lowest BCUT2D eigenvalue weighted by atomic mass is 10.0. The molecule has 2 rings (SSSR count). The van der Waals surface area contributed by atoms with Crippen molar-refractivity contribution in [2.75, 3.05) is 0 Å². The standard InChI is InChI=1S/C10H14N2OS/c13-9-3-1-2-8(6-9)12-10(14)11-7-4-5-7/h1-2,7-8H,3-6H2,(H2,11,12,14). The Balaban J connectivity index is 1.77. The Bertz CT molecular complexity index is 284. The van der Waals surface area contributed by atoms with Gasteiger partial charge in [0.15, 0.2) is 5.11 Å². The van der Waals surface area contributed by atoms with Gasteiger partial charge in [0.1, 0.15) is 5.78 Å². The third kappa shape index (κ3) is 2.80. The number of ketones is 1. The molecule has 0 heterocycles. The van der Waals surface area contributed by atoms with Gasteiger partial charge in [-0.25, -0.2) is 0 Å². The maximum atomic E-state index is 11.1. The molecule has 1 saturated carbocycles. The van der Waals surface area contributed by atoms with E-state index in [9.17, 15) is 4.79 Å². The lowest BCUT2D eigenvalue weighted by Gasteiger charge is -2.19. The van der Waals surface area contributed by atoms with E-state index in [1.165, 1.54) is 12.8 Å². The molecule has 14 heavy (non-hydrogen) atoms. The minimum absolute atomic E-state index is 0.0926. The second kappa shape index (κ2) is 4.09. The van der Waals surface area contributed by atoms with Gasteiger partial charge in [0, 0.05) is 18.9 Å². The summed E-state index contributed by atoms with van der Waals surface area (Å²) in [4.78, 5) is 11.1. The van der Waals surface area contributed by atoms with E-state index in [0.29, 0.717) is 24.0 Å². The molecule has 2 N–H and O–H groups in total. The highest BCUT2D eigenvalue weighted by atomic mass is 32.1. The first-order valence-electron chi connectivity index (χ1n) is 4.99. The molecule has 0 aromatic rings. The Hall–Kier alpha value is -0.900. The highest BCUT2D eigenvalue weighted by molar-refractivity contribution is 7.80. The van der Waals surface area contributed by atoms with Gasteiger partial charge in [-0.1, -0.05) is 12.2 Å². The summed E-state index contributed by atoms with van der Waals surface area (Å²) in [6.45, 7) is 0. The maximum absolute atomic E-state index is 11.1. The fourth-order valence-corrected chi connectivity index (χ4v) is 1.80. The lowest BCUT2D eigenvalue weighted by Crippen LogP contribution is -2.43. The van der Waals surface area contributed by atoms with E-state index in [2.05, 4.69) is 10.6 Å². The van der Waals surface area contributed by atoms with Gasteiger partial charge in [-0.3, -0.25) is 4.79 Å². The van der Waals surface area contributed by atoms with Gasteiger partial charge in [-0.05, 0) is 25.1 Å². The van der Waals surface area contributed by atoms with Crippen LogP contribution in [0.5, 0.6) is 0 Å². The molecule has 2 aliphatic rings. The summed E-state index contributed by atoms with van der Waals surface area (Å²) >= 11 is 5.12. The van der Waals surface area contributed by atoms with Crippen LogP contribution in [-0.4, -0.2) is 23.0 Å². The topological polar surface area (TPSA) is 41.1 Å². The average Bonchev–Trinajstić information content (AvgIpc) is 2.87. The first-order chi connectivity index (χ1) is 6.74. The number of nitrogens with one attached hydrogen (secondary N) is 2. The second-order valence-corrected chi connectivity index (χ2v) is 4.28. The minimum atomic E-state index is 0.0926. The van der Waals surface area contributed by atoms with E-state index in [4.69, 9.17) is 12.2 Å². The van der Waals surface area contributed by atoms with Crippen molar-refractivity contribution < 1.29 is 4.79 Å². The molecule has 0 aromatic carbocycles. The number of thiocarbonyl (C=S) groups is 1. The molecule has 0 saturated heterocycles. The predicted octanol–water partition coefficient (Wildman–Crippen LogP) is 0.901. The molecular weight excluding hydrogens is 196 g/mol. The summed E-state index contributed by atoms with van der Waals surface area (Å²) in [6.07, 6.45) is 7.47. The molecule has 0 aromatic heterocycles. The molecule has 1 unspecified atom stereocenters. The fraction of sp³-hybridized carbons (Fsp3) is 0.600. The van der Waals surface area contributed by atoms with Crippen LogP contribution in [0.3, 0.4) is 0 Å². The molecule has 0 amide bonds. The zero-order valence-corrected chi connectivity index (χ0v) is 8.77. The lowest BCUT2D eigenvalue weighted by molar-refractivity contribution is -0.118. The molecule has 76 valence electrons. The molecule has 3 nitrogen and oxygen atoms in total. The first-order valence-corrected chi connectivity index (χ1v) is 5.40. The molecule has 0 spiro atoms. The Labute approximate surface area is 88.9 Å². The quantitative estimate of drug-likeness (QED) is 0.525. The summed E-state index contributed by atoms with van der Waals surface area (Å²) in [5, 5.41) is 7.00. The molecule has 0 bridgehead atoms. The van der Waals surface area contributed by atoms with Crippen molar-refractivity contribution in [1.82, 2.24) is 10.6 Å². The molecule has 0 aliphatic heterocycles. The predicted molar refractivity (Wildman–Crippen MR) is 59.1 cm³/mol. The van der Waals surface area contributed by atoms with Crippen molar-refractivity contribution in [2.24, 2.45) is 0 Å². The minimum Gasteiger partial charge on any atom is -0.360 e. The molecule has 1 fully saturated rings. The van der Waals surface area contributed by atoms with E-state index < -0.39 is 0 Å². The van der Waals surface area contributed by atoms with Gasteiger partial charge < -0.3 is 10.6 Å². The molecule has 2 aliphatic carbocycles. The summed E-state index contributed by atoms with van der Waals surface area (Å²) in [5.74, 6) is 0.277. The Kier molecular flexibility index (Phi) is 2.82. The van der Waals surface area contributed by atoms with Crippen LogP contribution in [-0.2, 0) is 4.79 Å². The summed E-state index contributed by atoms with van der Waals surface area (Å²) < 4.78 is 0. The normalized spacial score (nSPS) is 26.0. The van der Waals surface area contributed by atoms with Crippen molar-refractivity contribution in [3.05, 3.63) is 12.2 Å². The van der Waals surface area contributed by atoms with Crippen molar-refractivity contribution >= 4 is 23.1 Å². The third-order valence-corrected chi connectivity index (χ3v) is 2.63. The molecule has 0 radical (unpaired) electrons. The zero-order chi connectivity index (χ0) is 9.97. The summed E-state index contributed by atoms with van der Waals surface area (Å²) in [7, 11) is 0. The van der Waals surface area contributed by atoms with Gasteiger partial charge in [0.2, 0.25) is 0 Å². The molecular formula is C10H14N2OS. The highest BCUT2D eigenvalue weighted by Gasteiger charge is 2.23. The largest absolute Gasteiger partial charge is 0.360 e. The zero-order valence-electron chi connectivity index (χ0n) is 7.95. The van der Waals surface area contributed by atoms with Gasteiger partial charge in [-0.2, -0.15) is 0 Å². The third-order valence-electron chi connectivity index (χ3n) is 2.39. The maximum Gasteiger partial charge on any atom is 0.166 e. The number of Topliss-reactive ketones (excluding diaryl/α,β-unsaturated/α-hetero) is 1. The van der Waals surface area contributed by atoms with Gasteiger partial charge >= 0.3 is 0 Å². The number of hydrogen-bond acceptors (Lipinski definition) is 2. The van der Waals surface area contributed by atoms with Crippen LogP contribution in [0.2, 0.25) is 0 Å². The van der Waals surface area contributed by atoms with Gasteiger partial charge in [-0.15, -0.1) is 0 Å². The van der Waals surface area contributed by atoms with Crippen molar-refractivity contribution in [3.63, 3.8) is 0 Å². The summed E-state index contributed by atoms with van der Waals surface area (Å²) in [5.41, 5.74) is 0. The van der Waals surface area contributed by atoms with Crippen LogP contribution in [0.1, 0.15) is 25.7 Å². The van der Waals surface area contributed by atoms with Crippen LogP contribution < -0.4 is 10.6 Å². The van der Waals surface area contributed by atoms with Crippen molar-refractivity contribution in [1.29, 1.82) is 0 Å². The molecule has 4 heteroatoms. The smallest absolute Gasteiger partial charge is 0.166 e. The average molecular weight is 210 g/mol. The summed E-state index contributed by atoms with van der Waals surface area (Å²) in [6, 6.07) is 0.660. The number of allylic oxidation sites excluding steroid dienone is 1. The number of carbonyl (C=O) groups excluding carboxylic acids is 1. The Morgan fingerprint density at radius 3 is 2.86 bits per heavy atom. The van der Waals surface area contributed by atoms with E-state index in [1.54, 1.807) is 0 Å². The van der Waals surface area contributed by atoms with E-state index >= 15 is 0 Å². The van der Waals surface area contributed by atoms with Crippen LogP contribution >= 0.6 is 12.2 Å². The van der Waals surface area contributed by atoms with Crippen LogP contribution in [0.4, 0.5) is 0 Å². The number of rotatable bonds is 2. The monoisotopic (exact) mass is 210 g/mol. The second-order valence-electron chi connectivity index (χ2n) is 3.87. The Morgan fingerprint density at radius 1 is 1.43 bits per heavy atom. The highest BCUT2D eigenvalue weighted by Crippen LogP contribution is 2.18.